The normalized spacial score (nSPS) is 11.3. The quantitative estimate of drug-likeness (QED) is 0.810. The third-order valence-corrected chi connectivity index (χ3v) is 2.27. The molecule has 0 saturated carbocycles. The molecule has 1 aromatic heterocycles. The van der Waals surface area contributed by atoms with Gasteiger partial charge in [0.2, 0.25) is 0 Å². The molecule has 0 saturated heterocycles. The molecule has 0 unspecified atom stereocenters. The molecule has 0 aliphatic rings. The van der Waals surface area contributed by atoms with Crippen LogP contribution in [0.25, 0.3) is 0 Å². The van der Waals surface area contributed by atoms with Gasteiger partial charge in [-0.25, -0.2) is 0 Å². The third-order valence-electron chi connectivity index (χ3n) is 2.27. The van der Waals surface area contributed by atoms with Gasteiger partial charge in [0, 0.05) is 24.3 Å². The maximum Gasteiger partial charge on any atom is 0.305 e. The van der Waals surface area contributed by atoms with Crippen molar-refractivity contribution in [3.05, 3.63) is 17.5 Å². The van der Waals surface area contributed by atoms with Crippen molar-refractivity contribution < 1.29 is 14.7 Å². The van der Waals surface area contributed by atoms with Crippen LogP contribution in [0.4, 0.5) is 0 Å². The Bertz CT molecular complexity index is 449. The molecule has 1 heterocycles. The zero-order valence-electron chi connectivity index (χ0n) is 10.4. The molecule has 17 heavy (non-hydrogen) atoms. The van der Waals surface area contributed by atoms with Crippen molar-refractivity contribution in [2.75, 3.05) is 0 Å². The highest BCUT2D eigenvalue weighted by molar-refractivity contribution is 5.94. The van der Waals surface area contributed by atoms with Crippen LogP contribution in [0.2, 0.25) is 0 Å². The molecule has 1 amide bonds. The molecule has 6 heteroatoms. The average molecular weight is 239 g/mol. The Kier molecular flexibility index (Phi) is 3.55. The first-order valence-electron chi connectivity index (χ1n) is 5.26. The topological polar surface area (TPSA) is 84.2 Å². The minimum atomic E-state index is -0.951. The van der Waals surface area contributed by atoms with Gasteiger partial charge in [-0.05, 0) is 20.8 Å². The van der Waals surface area contributed by atoms with E-state index < -0.39 is 11.5 Å². The van der Waals surface area contributed by atoms with Gasteiger partial charge in [-0.3, -0.25) is 14.3 Å². The van der Waals surface area contributed by atoms with Crippen molar-refractivity contribution in [1.82, 2.24) is 15.1 Å². The van der Waals surface area contributed by atoms with E-state index in [0.717, 1.165) is 5.56 Å². The van der Waals surface area contributed by atoms with Gasteiger partial charge in [0.05, 0.1) is 6.42 Å². The van der Waals surface area contributed by atoms with Crippen LogP contribution in [-0.2, 0) is 11.8 Å². The van der Waals surface area contributed by atoms with E-state index in [0.29, 0.717) is 5.69 Å². The van der Waals surface area contributed by atoms with Gasteiger partial charge < -0.3 is 10.4 Å². The second-order valence-corrected chi connectivity index (χ2v) is 4.74. The number of carboxylic acids is 1. The molecule has 0 aliphatic carbocycles. The lowest BCUT2D eigenvalue weighted by Crippen LogP contribution is -2.45. The summed E-state index contributed by atoms with van der Waals surface area (Å²) in [5, 5.41) is 15.4. The predicted molar refractivity (Wildman–Crippen MR) is 61.7 cm³/mol. The summed E-state index contributed by atoms with van der Waals surface area (Å²) in [4.78, 5) is 22.5. The van der Waals surface area contributed by atoms with Crippen molar-refractivity contribution in [3.63, 3.8) is 0 Å². The maximum atomic E-state index is 11.9. The van der Waals surface area contributed by atoms with Gasteiger partial charge in [0.1, 0.15) is 0 Å². The van der Waals surface area contributed by atoms with Crippen LogP contribution >= 0.6 is 0 Å². The number of nitrogens with one attached hydrogen (secondary N) is 1. The summed E-state index contributed by atoms with van der Waals surface area (Å²) in [6.45, 7) is 5.11. The molecule has 94 valence electrons. The number of aliphatic carboxylic acids is 1. The molecule has 0 aliphatic heterocycles. The Morgan fingerprint density at radius 3 is 2.53 bits per heavy atom. The molecule has 2 N–H and O–H groups in total. The van der Waals surface area contributed by atoms with Crippen LogP contribution in [0.3, 0.4) is 0 Å². The number of amides is 1. The second kappa shape index (κ2) is 4.57. The molecule has 0 atom stereocenters. The van der Waals surface area contributed by atoms with E-state index in [-0.39, 0.29) is 12.3 Å². The zero-order chi connectivity index (χ0) is 13.2. The van der Waals surface area contributed by atoms with Crippen LogP contribution in [0.5, 0.6) is 0 Å². The summed E-state index contributed by atoms with van der Waals surface area (Å²) in [7, 11) is 1.73. The van der Waals surface area contributed by atoms with Crippen LogP contribution in [-0.4, -0.2) is 32.3 Å². The fourth-order valence-electron chi connectivity index (χ4n) is 1.62. The minimum Gasteiger partial charge on any atom is -0.481 e. The first-order valence-corrected chi connectivity index (χ1v) is 5.26. The van der Waals surface area contributed by atoms with Crippen LogP contribution < -0.4 is 5.32 Å². The smallest absolute Gasteiger partial charge is 0.305 e. The summed E-state index contributed by atoms with van der Waals surface area (Å²) in [6, 6.07) is 0. The first-order chi connectivity index (χ1) is 7.71. The second-order valence-electron chi connectivity index (χ2n) is 4.74. The van der Waals surface area contributed by atoms with Gasteiger partial charge in [-0.1, -0.05) is 0 Å². The van der Waals surface area contributed by atoms with Gasteiger partial charge in [0.25, 0.3) is 5.91 Å². The Hall–Kier alpha value is -1.85. The fourth-order valence-corrected chi connectivity index (χ4v) is 1.62. The number of nitrogens with zero attached hydrogens (tertiary/aromatic N) is 2. The lowest BCUT2D eigenvalue weighted by atomic mass is 10.0. The van der Waals surface area contributed by atoms with Gasteiger partial charge >= 0.3 is 5.97 Å². The number of carbonyl (C=O) groups is 2. The summed E-state index contributed by atoms with van der Waals surface area (Å²) in [6.07, 6.45) is 1.60. The summed E-state index contributed by atoms with van der Waals surface area (Å²) in [5.41, 5.74) is 0.287. The lowest BCUT2D eigenvalue weighted by molar-refractivity contribution is -0.138. The van der Waals surface area contributed by atoms with E-state index in [9.17, 15) is 9.59 Å². The highest BCUT2D eigenvalue weighted by Gasteiger charge is 2.26. The molecule has 6 nitrogen and oxygen atoms in total. The molecule has 0 spiro atoms. The largest absolute Gasteiger partial charge is 0.481 e. The number of hydrogen-bond donors (Lipinski definition) is 2. The predicted octanol–water partition coefficient (Wildman–Crippen LogP) is 0.712. The van der Waals surface area contributed by atoms with Crippen LogP contribution in [0, 0.1) is 6.92 Å². The molecule has 1 aromatic rings. The molecular weight excluding hydrogens is 222 g/mol. The van der Waals surface area contributed by atoms with Gasteiger partial charge in [0.15, 0.2) is 5.69 Å². The molecule has 0 bridgehead atoms. The highest BCUT2D eigenvalue weighted by Crippen LogP contribution is 2.11. The van der Waals surface area contributed by atoms with Crippen molar-refractivity contribution in [2.24, 2.45) is 7.05 Å². The number of aryl methyl sites for hydroxylation is 2. The first kappa shape index (κ1) is 13.2. The Labute approximate surface area is 99.6 Å². The summed E-state index contributed by atoms with van der Waals surface area (Å²) >= 11 is 0. The van der Waals surface area contributed by atoms with E-state index >= 15 is 0 Å². The average Bonchev–Trinajstić information content (AvgIpc) is 2.41. The number of carbonyl (C=O) groups excluding carboxylic acids is 1. The summed E-state index contributed by atoms with van der Waals surface area (Å²) < 4.78 is 1.55. The summed E-state index contributed by atoms with van der Waals surface area (Å²) in [5.74, 6) is -1.30. The number of aromatic nitrogens is 2. The number of carboxylic acid groups (broad SMARTS) is 1. The monoisotopic (exact) mass is 239 g/mol. The minimum absolute atomic E-state index is 0.134. The lowest BCUT2D eigenvalue weighted by Gasteiger charge is -2.23. The Balaban J connectivity index is 2.79. The Morgan fingerprint density at radius 1 is 1.53 bits per heavy atom. The molecule has 0 aromatic carbocycles. The maximum absolute atomic E-state index is 11.9. The van der Waals surface area contributed by atoms with Crippen molar-refractivity contribution in [2.45, 2.75) is 32.7 Å². The molecule has 0 radical (unpaired) electrons. The Morgan fingerprint density at radius 2 is 2.12 bits per heavy atom. The standard InChI is InChI=1S/C11H17N3O3/c1-7-6-14(4)13-9(7)10(17)12-11(2,3)5-8(15)16/h6H,5H2,1-4H3,(H,12,17)(H,15,16). The number of hydrogen-bond acceptors (Lipinski definition) is 3. The number of rotatable bonds is 4. The van der Waals surface area contributed by atoms with E-state index in [1.54, 1.807) is 38.7 Å². The van der Waals surface area contributed by atoms with Crippen molar-refractivity contribution >= 4 is 11.9 Å². The third kappa shape index (κ3) is 3.58. The molecule has 1 rings (SSSR count). The van der Waals surface area contributed by atoms with Gasteiger partial charge in [-0.15, -0.1) is 0 Å². The molecular formula is C11H17N3O3. The van der Waals surface area contributed by atoms with Crippen molar-refractivity contribution in [3.8, 4) is 0 Å². The van der Waals surface area contributed by atoms with Crippen molar-refractivity contribution in [1.29, 1.82) is 0 Å². The molecule has 0 fully saturated rings. The SMILES string of the molecule is Cc1cn(C)nc1C(=O)NC(C)(C)CC(=O)O. The van der Waals surface area contributed by atoms with Crippen LogP contribution in [0.15, 0.2) is 6.20 Å². The van der Waals surface area contributed by atoms with E-state index in [2.05, 4.69) is 10.4 Å². The fraction of sp³-hybridized carbons (Fsp3) is 0.545. The van der Waals surface area contributed by atoms with Gasteiger partial charge in [-0.2, -0.15) is 5.10 Å². The van der Waals surface area contributed by atoms with E-state index in [4.69, 9.17) is 5.11 Å². The van der Waals surface area contributed by atoms with E-state index in [1.807, 2.05) is 0 Å². The zero-order valence-corrected chi connectivity index (χ0v) is 10.4. The van der Waals surface area contributed by atoms with E-state index in [1.165, 1.54) is 0 Å². The van der Waals surface area contributed by atoms with Crippen LogP contribution in [0.1, 0.15) is 36.3 Å². The highest BCUT2D eigenvalue weighted by atomic mass is 16.4.